The molecule has 0 aromatic heterocycles. The fourth-order valence-corrected chi connectivity index (χ4v) is 3.50. The molecule has 1 amide bonds. The van der Waals surface area contributed by atoms with E-state index in [1.165, 1.54) is 36.4 Å². The van der Waals surface area contributed by atoms with Gasteiger partial charge >= 0.3 is 6.18 Å². The van der Waals surface area contributed by atoms with Crippen LogP contribution in [0.5, 0.6) is 5.75 Å². The minimum atomic E-state index is -4.63. The Bertz CT molecular complexity index is 859. The predicted octanol–water partition coefficient (Wildman–Crippen LogP) is 4.93. The zero-order valence-corrected chi connectivity index (χ0v) is 15.8. The summed E-state index contributed by atoms with van der Waals surface area (Å²) < 4.78 is 63.9. The van der Waals surface area contributed by atoms with Crippen molar-refractivity contribution in [3.05, 3.63) is 59.4 Å². The van der Waals surface area contributed by atoms with Crippen LogP contribution in [0.2, 0.25) is 0 Å². The van der Waals surface area contributed by atoms with Crippen molar-refractivity contribution < 1.29 is 31.8 Å². The fraction of sp³-hybridized carbons (Fsp3) is 0.381. The number of carbonyl (C=O) groups is 1. The van der Waals surface area contributed by atoms with Gasteiger partial charge in [-0.25, -0.2) is 4.39 Å². The number of hydrogen-bond acceptors (Lipinski definition) is 3. The van der Waals surface area contributed by atoms with Gasteiger partial charge in [0.15, 0.2) is 0 Å². The van der Waals surface area contributed by atoms with Gasteiger partial charge in [-0.3, -0.25) is 4.79 Å². The summed E-state index contributed by atoms with van der Waals surface area (Å²) in [5, 5.41) is 2.60. The van der Waals surface area contributed by atoms with Crippen LogP contribution >= 0.6 is 0 Å². The third-order valence-corrected chi connectivity index (χ3v) is 5.02. The lowest BCUT2D eigenvalue weighted by molar-refractivity contribution is -0.139. The van der Waals surface area contributed by atoms with E-state index < -0.39 is 28.9 Å². The van der Waals surface area contributed by atoms with E-state index >= 15 is 0 Å². The van der Waals surface area contributed by atoms with Crippen LogP contribution in [0.4, 0.5) is 23.2 Å². The number of nitrogens with one attached hydrogen (secondary N) is 1. The van der Waals surface area contributed by atoms with Crippen LogP contribution in [0.3, 0.4) is 0 Å². The second-order valence-electron chi connectivity index (χ2n) is 6.80. The lowest BCUT2D eigenvalue weighted by Crippen LogP contribution is -2.44. The van der Waals surface area contributed by atoms with Crippen molar-refractivity contribution >= 4 is 11.6 Å². The van der Waals surface area contributed by atoms with Gasteiger partial charge in [-0.2, -0.15) is 13.2 Å². The average molecular weight is 411 g/mol. The molecule has 29 heavy (non-hydrogen) atoms. The number of amides is 1. The minimum Gasteiger partial charge on any atom is -0.493 e. The highest BCUT2D eigenvalue weighted by Crippen LogP contribution is 2.40. The van der Waals surface area contributed by atoms with E-state index in [1.54, 1.807) is 6.92 Å². The van der Waals surface area contributed by atoms with E-state index in [-0.39, 0.29) is 18.0 Å². The molecule has 1 aliphatic rings. The second-order valence-corrected chi connectivity index (χ2v) is 6.80. The molecule has 0 saturated carbocycles. The molecule has 2 aromatic carbocycles. The Kier molecular flexibility index (Phi) is 6.12. The van der Waals surface area contributed by atoms with Crippen molar-refractivity contribution in [2.24, 2.45) is 0 Å². The van der Waals surface area contributed by atoms with Crippen LogP contribution in [-0.2, 0) is 21.1 Å². The van der Waals surface area contributed by atoms with Gasteiger partial charge in [0.2, 0.25) is 5.91 Å². The number of halogens is 4. The van der Waals surface area contributed by atoms with E-state index in [0.29, 0.717) is 31.6 Å². The molecule has 0 bridgehead atoms. The zero-order chi connectivity index (χ0) is 21.1. The monoisotopic (exact) mass is 411 g/mol. The smallest absolute Gasteiger partial charge is 0.420 e. The van der Waals surface area contributed by atoms with Gasteiger partial charge in [0.25, 0.3) is 0 Å². The molecule has 3 rings (SSSR count). The lowest BCUT2D eigenvalue weighted by atomic mass is 9.73. The molecular weight excluding hydrogens is 390 g/mol. The molecule has 1 fully saturated rings. The highest BCUT2D eigenvalue weighted by molar-refractivity contribution is 5.99. The number of carbonyl (C=O) groups excluding carboxylic acids is 1. The van der Waals surface area contributed by atoms with Crippen molar-refractivity contribution in [2.75, 3.05) is 25.1 Å². The Balaban J connectivity index is 1.93. The Morgan fingerprint density at radius 1 is 1.14 bits per heavy atom. The maximum Gasteiger partial charge on any atom is 0.420 e. The van der Waals surface area contributed by atoms with Crippen molar-refractivity contribution in [3.63, 3.8) is 0 Å². The second kappa shape index (κ2) is 8.41. The van der Waals surface area contributed by atoms with Gasteiger partial charge in [-0.05, 0) is 55.7 Å². The third-order valence-electron chi connectivity index (χ3n) is 5.02. The highest BCUT2D eigenvalue weighted by atomic mass is 19.4. The molecule has 4 nitrogen and oxygen atoms in total. The molecule has 1 saturated heterocycles. The number of alkyl halides is 3. The largest absolute Gasteiger partial charge is 0.493 e. The summed E-state index contributed by atoms with van der Waals surface area (Å²) in [4.78, 5) is 13.2. The predicted molar refractivity (Wildman–Crippen MR) is 99.4 cm³/mol. The normalized spacial score (nSPS) is 16.3. The van der Waals surface area contributed by atoms with Crippen LogP contribution in [0.25, 0.3) is 0 Å². The van der Waals surface area contributed by atoms with Crippen LogP contribution in [0, 0.1) is 5.82 Å². The SMILES string of the molecule is CCOc1ccc(NC(=O)C2(c3ccc(F)cc3)CCOCC2)cc1C(F)(F)F. The van der Waals surface area contributed by atoms with E-state index in [2.05, 4.69) is 5.32 Å². The minimum absolute atomic E-state index is 0.0127. The van der Waals surface area contributed by atoms with E-state index in [4.69, 9.17) is 9.47 Å². The summed E-state index contributed by atoms with van der Waals surface area (Å²) in [6.45, 7) is 2.32. The maximum absolute atomic E-state index is 13.4. The quantitative estimate of drug-likeness (QED) is 0.710. The number of hydrogen-bond donors (Lipinski definition) is 1. The van der Waals surface area contributed by atoms with Crippen molar-refractivity contribution in [2.45, 2.75) is 31.4 Å². The molecule has 1 heterocycles. The molecular formula is C21H21F4NO3. The maximum atomic E-state index is 13.4. The molecule has 0 unspecified atom stereocenters. The average Bonchev–Trinajstić information content (AvgIpc) is 2.69. The van der Waals surface area contributed by atoms with Gasteiger partial charge in [0, 0.05) is 18.9 Å². The molecule has 8 heteroatoms. The van der Waals surface area contributed by atoms with Crippen molar-refractivity contribution in [3.8, 4) is 5.75 Å². The molecule has 0 spiro atoms. The van der Waals surface area contributed by atoms with Crippen LogP contribution in [0.1, 0.15) is 30.9 Å². The molecule has 156 valence electrons. The first kappa shape index (κ1) is 21.1. The first-order chi connectivity index (χ1) is 13.8. The van der Waals surface area contributed by atoms with Crippen molar-refractivity contribution in [1.29, 1.82) is 0 Å². The van der Waals surface area contributed by atoms with Gasteiger partial charge in [0.1, 0.15) is 11.6 Å². The van der Waals surface area contributed by atoms with Gasteiger partial charge in [0.05, 0.1) is 17.6 Å². The topological polar surface area (TPSA) is 47.6 Å². The summed E-state index contributed by atoms with van der Waals surface area (Å²) in [5.74, 6) is -1.18. The van der Waals surface area contributed by atoms with Crippen LogP contribution in [0.15, 0.2) is 42.5 Å². The number of ether oxygens (including phenoxy) is 2. The first-order valence-electron chi connectivity index (χ1n) is 9.25. The van der Waals surface area contributed by atoms with Gasteiger partial charge < -0.3 is 14.8 Å². The van der Waals surface area contributed by atoms with E-state index in [0.717, 1.165) is 6.07 Å². The third kappa shape index (κ3) is 4.53. The number of anilines is 1. The van der Waals surface area contributed by atoms with Crippen LogP contribution < -0.4 is 10.1 Å². The fourth-order valence-electron chi connectivity index (χ4n) is 3.50. The first-order valence-corrected chi connectivity index (χ1v) is 9.25. The Morgan fingerprint density at radius 2 is 1.79 bits per heavy atom. The molecule has 1 aliphatic heterocycles. The standard InChI is InChI=1S/C21H21F4NO3/c1-2-29-18-8-7-16(13-17(18)21(23,24)25)26-19(27)20(9-11-28-12-10-20)14-3-5-15(22)6-4-14/h3-8,13H,2,9-12H2,1H3,(H,26,27). The summed E-state index contributed by atoms with van der Waals surface area (Å²) in [7, 11) is 0. The molecule has 1 N–H and O–H groups in total. The summed E-state index contributed by atoms with van der Waals surface area (Å²) >= 11 is 0. The van der Waals surface area contributed by atoms with Gasteiger partial charge in [-0.1, -0.05) is 12.1 Å². The number of rotatable bonds is 5. The molecule has 0 aliphatic carbocycles. The Hall–Kier alpha value is -2.61. The summed E-state index contributed by atoms with van der Waals surface area (Å²) in [6, 6.07) is 9.00. The van der Waals surface area contributed by atoms with Crippen molar-refractivity contribution in [1.82, 2.24) is 0 Å². The Labute approximate surface area is 165 Å². The zero-order valence-electron chi connectivity index (χ0n) is 15.8. The Morgan fingerprint density at radius 3 is 2.38 bits per heavy atom. The lowest BCUT2D eigenvalue weighted by Gasteiger charge is -2.36. The molecule has 0 radical (unpaired) electrons. The van der Waals surface area contributed by atoms with Gasteiger partial charge in [-0.15, -0.1) is 0 Å². The number of benzene rings is 2. The molecule has 2 aromatic rings. The highest BCUT2D eigenvalue weighted by Gasteiger charge is 2.42. The van der Waals surface area contributed by atoms with Crippen LogP contribution in [-0.4, -0.2) is 25.7 Å². The summed E-state index contributed by atoms with van der Waals surface area (Å²) in [6.07, 6.45) is -3.94. The van der Waals surface area contributed by atoms with E-state index in [9.17, 15) is 22.4 Å². The molecule has 0 atom stereocenters. The summed E-state index contributed by atoms with van der Waals surface area (Å²) in [5.41, 5.74) is -1.36. The van der Waals surface area contributed by atoms with E-state index in [1.807, 2.05) is 0 Å².